The molecule has 3 nitrogen and oxygen atoms in total. The third kappa shape index (κ3) is 4.63. The van der Waals surface area contributed by atoms with Crippen molar-refractivity contribution in [3.63, 3.8) is 0 Å². The second kappa shape index (κ2) is 8.33. The van der Waals surface area contributed by atoms with Gasteiger partial charge in [0.15, 0.2) is 0 Å². The molecule has 0 aliphatic heterocycles. The van der Waals surface area contributed by atoms with Crippen LogP contribution < -0.4 is 0 Å². The Morgan fingerprint density at radius 1 is 0.964 bits per heavy atom. The Hall–Kier alpha value is -1.73. The third-order valence-electron chi connectivity index (χ3n) is 3.85. The summed E-state index contributed by atoms with van der Waals surface area (Å²) in [5, 5.41) is 4.13. The summed E-state index contributed by atoms with van der Waals surface area (Å²) in [6.07, 6.45) is 0.561. The monoisotopic (exact) mass is 465 g/mol. The molecular weight excluding hydrogens is 457 g/mol. The molecule has 28 heavy (non-hydrogen) atoms. The van der Waals surface area contributed by atoms with Crippen LogP contribution in [0.25, 0.3) is 11.8 Å². The molecule has 0 saturated heterocycles. The van der Waals surface area contributed by atoms with E-state index in [1.165, 1.54) is 23.4 Å². The summed E-state index contributed by atoms with van der Waals surface area (Å²) in [6, 6.07) is 7.12. The van der Waals surface area contributed by atoms with Crippen molar-refractivity contribution in [2.24, 2.45) is 0 Å². The molecule has 146 valence electrons. The van der Waals surface area contributed by atoms with Gasteiger partial charge >= 0.3 is 6.18 Å². The minimum absolute atomic E-state index is 0.00346. The fourth-order valence-electron chi connectivity index (χ4n) is 2.50. The molecule has 1 unspecified atom stereocenters. The van der Waals surface area contributed by atoms with Gasteiger partial charge in [-0.25, -0.2) is 9.67 Å². The molecule has 0 radical (unpaired) electrons. The predicted octanol–water partition coefficient (Wildman–Crippen LogP) is 7.24. The van der Waals surface area contributed by atoms with Gasteiger partial charge in [-0.1, -0.05) is 64.6 Å². The number of benzene rings is 2. The summed E-state index contributed by atoms with van der Waals surface area (Å²) in [4.78, 5) is 3.83. The average Bonchev–Trinajstić information content (AvgIpc) is 3.14. The summed E-state index contributed by atoms with van der Waals surface area (Å²) in [5.41, 5.74) is 0.910. The van der Waals surface area contributed by atoms with Gasteiger partial charge in [0.05, 0.1) is 26.7 Å². The Morgan fingerprint density at radius 2 is 1.64 bits per heavy atom. The quantitative estimate of drug-likeness (QED) is 0.379. The van der Waals surface area contributed by atoms with Gasteiger partial charge < -0.3 is 0 Å². The minimum atomic E-state index is -4.57. The molecule has 2 aromatic carbocycles. The zero-order valence-electron chi connectivity index (χ0n) is 13.8. The maximum absolute atomic E-state index is 13.6. The lowest BCUT2D eigenvalue weighted by atomic mass is 9.97. The van der Waals surface area contributed by atoms with Gasteiger partial charge in [-0.2, -0.15) is 18.3 Å². The highest BCUT2D eigenvalue weighted by atomic mass is 35.5. The first-order valence-corrected chi connectivity index (χ1v) is 9.22. The van der Waals surface area contributed by atoms with E-state index in [1.807, 2.05) is 0 Å². The number of nitrogens with zero attached hydrogens (tertiary/aromatic N) is 3. The Bertz CT molecular complexity index is 994. The number of rotatable bonds is 4. The Kier molecular flexibility index (Phi) is 6.25. The number of aromatic nitrogens is 3. The second-order valence-electron chi connectivity index (χ2n) is 5.72. The summed E-state index contributed by atoms with van der Waals surface area (Å²) in [7, 11) is 0. The molecule has 10 heteroatoms. The molecule has 0 fully saturated rings. The highest BCUT2D eigenvalue weighted by Crippen LogP contribution is 2.41. The van der Waals surface area contributed by atoms with E-state index >= 15 is 0 Å². The Morgan fingerprint density at radius 3 is 2.18 bits per heavy atom. The van der Waals surface area contributed by atoms with Crippen LogP contribution in [0.4, 0.5) is 13.2 Å². The number of halogens is 7. The van der Waals surface area contributed by atoms with E-state index in [0.717, 1.165) is 18.2 Å². The predicted molar refractivity (Wildman–Crippen MR) is 106 cm³/mol. The highest BCUT2D eigenvalue weighted by Gasteiger charge is 2.39. The van der Waals surface area contributed by atoms with E-state index in [1.54, 1.807) is 18.2 Å². The first-order chi connectivity index (χ1) is 13.2. The number of alkyl halides is 3. The van der Waals surface area contributed by atoms with Gasteiger partial charge in [0, 0.05) is 5.02 Å². The normalized spacial score (nSPS) is 13.2. The lowest BCUT2D eigenvalue weighted by Crippen LogP contribution is -2.19. The third-order valence-corrected chi connectivity index (χ3v) is 5.38. The molecule has 3 aromatic rings. The van der Waals surface area contributed by atoms with Crippen molar-refractivity contribution < 1.29 is 13.2 Å². The average molecular weight is 467 g/mol. The number of hydrogen-bond acceptors (Lipinski definition) is 2. The molecule has 1 atom stereocenters. The van der Waals surface area contributed by atoms with Crippen molar-refractivity contribution in [1.29, 1.82) is 0 Å². The van der Waals surface area contributed by atoms with Crippen molar-refractivity contribution in [3.8, 4) is 5.69 Å². The van der Waals surface area contributed by atoms with E-state index in [-0.39, 0.29) is 25.7 Å². The summed E-state index contributed by atoms with van der Waals surface area (Å²) < 4.78 is 42.3. The van der Waals surface area contributed by atoms with Crippen LogP contribution in [0.3, 0.4) is 0 Å². The van der Waals surface area contributed by atoms with Crippen LogP contribution in [0, 0.1) is 0 Å². The maximum atomic E-state index is 13.6. The van der Waals surface area contributed by atoms with E-state index in [0.29, 0.717) is 11.3 Å². The maximum Gasteiger partial charge on any atom is 0.399 e. The first-order valence-electron chi connectivity index (χ1n) is 7.70. The van der Waals surface area contributed by atoms with Crippen LogP contribution in [0.2, 0.25) is 20.1 Å². The molecule has 1 heterocycles. The lowest BCUT2D eigenvalue weighted by molar-refractivity contribution is -0.139. The zero-order valence-corrected chi connectivity index (χ0v) is 16.8. The standard InChI is InChI=1S/C18H10Cl4F3N3/c19-14-7-12(28-9-26-8-27-28)3-1-10(14)2-4-13(18(23,24)25)11-5-15(20)17(22)16(21)6-11/h1-9,13H. The number of hydrogen-bond donors (Lipinski definition) is 0. The first kappa shape index (κ1) is 21.0. The van der Waals surface area contributed by atoms with Crippen molar-refractivity contribution in [2.45, 2.75) is 12.1 Å². The topological polar surface area (TPSA) is 30.7 Å². The van der Waals surface area contributed by atoms with Gasteiger partial charge in [0.2, 0.25) is 0 Å². The van der Waals surface area contributed by atoms with Crippen LogP contribution in [0.15, 0.2) is 49.1 Å². The molecule has 3 rings (SSSR count). The highest BCUT2D eigenvalue weighted by molar-refractivity contribution is 6.48. The van der Waals surface area contributed by atoms with E-state index in [9.17, 15) is 13.2 Å². The van der Waals surface area contributed by atoms with Crippen molar-refractivity contribution in [2.75, 3.05) is 0 Å². The fraction of sp³-hybridized carbons (Fsp3) is 0.111. The van der Waals surface area contributed by atoms with Crippen LogP contribution in [-0.4, -0.2) is 20.9 Å². The molecule has 0 spiro atoms. The molecule has 0 N–H and O–H groups in total. The van der Waals surface area contributed by atoms with Crippen LogP contribution in [-0.2, 0) is 0 Å². The van der Waals surface area contributed by atoms with E-state index in [2.05, 4.69) is 10.1 Å². The SMILES string of the molecule is FC(F)(F)C(C=Cc1ccc(-n2cncn2)cc1Cl)c1cc(Cl)c(Cl)c(Cl)c1. The van der Waals surface area contributed by atoms with Gasteiger partial charge in [-0.05, 0) is 35.4 Å². The van der Waals surface area contributed by atoms with Gasteiger partial charge in [0.25, 0.3) is 0 Å². The van der Waals surface area contributed by atoms with Gasteiger partial charge in [-0.15, -0.1) is 0 Å². The molecular formula is C18H10Cl4F3N3. The van der Waals surface area contributed by atoms with E-state index < -0.39 is 12.1 Å². The van der Waals surface area contributed by atoms with E-state index in [4.69, 9.17) is 46.4 Å². The Balaban J connectivity index is 1.95. The lowest BCUT2D eigenvalue weighted by Gasteiger charge is -2.18. The fourth-order valence-corrected chi connectivity index (χ4v) is 3.35. The summed E-state index contributed by atoms with van der Waals surface area (Å²) in [5.74, 6) is -1.94. The molecule has 0 bridgehead atoms. The zero-order chi connectivity index (χ0) is 20.5. The summed E-state index contributed by atoms with van der Waals surface area (Å²) >= 11 is 23.8. The van der Waals surface area contributed by atoms with Gasteiger partial charge in [-0.3, -0.25) is 0 Å². The van der Waals surface area contributed by atoms with Crippen molar-refractivity contribution in [1.82, 2.24) is 14.8 Å². The van der Waals surface area contributed by atoms with Crippen LogP contribution >= 0.6 is 46.4 Å². The molecule has 0 saturated carbocycles. The molecule has 1 aromatic heterocycles. The Labute approximate surface area is 178 Å². The second-order valence-corrected chi connectivity index (χ2v) is 7.32. The largest absolute Gasteiger partial charge is 0.399 e. The molecule has 0 aliphatic carbocycles. The van der Waals surface area contributed by atoms with Crippen LogP contribution in [0.5, 0.6) is 0 Å². The van der Waals surface area contributed by atoms with Gasteiger partial charge in [0.1, 0.15) is 12.7 Å². The van der Waals surface area contributed by atoms with Crippen molar-refractivity contribution in [3.05, 3.63) is 80.3 Å². The number of allylic oxidation sites excluding steroid dienone is 1. The molecule has 0 aliphatic rings. The van der Waals surface area contributed by atoms with Crippen LogP contribution in [0.1, 0.15) is 17.0 Å². The minimum Gasteiger partial charge on any atom is -0.223 e. The smallest absolute Gasteiger partial charge is 0.223 e. The molecule has 0 amide bonds. The van der Waals surface area contributed by atoms with Crippen molar-refractivity contribution >= 4 is 52.5 Å². The summed E-state index contributed by atoms with van der Waals surface area (Å²) in [6.45, 7) is 0.